The molecule has 2 rings (SSSR count). The topological polar surface area (TPSA) is 55.4 Å². The van der Waals surface area contributed by atoms with E-state index in [4.69, 9.17) is 4.74 Å². The Morgan fingerprint density at radius 1 is 1.23 bits per heavy atom. The van der Waals surface area contributed by atoms with Gasteiger partial charge >= 0.3 is 5.97 Å². The predicted octanol–water partition coefficient (Wildman–Crippen LogP) is 3.48. The second-order valence-corrected chi connectivity index (χ2v) is 5.94. The second kappa shape index (κ2) is 7.75. The van der Waals surface area contributed by atoms with Crippen molar-refractivity contribution in [3.8, 4) is 0 Å². The summed E-state index contributed by atoms with van der Waals surface area (Å²) in [5.41, 5.74) is 3.90. The zero-order valence-corrected chi connectivity index (χ0v) is 13.5. The highest BCUT2D eigenvalue weighted by Gasteiger charge is 2.09. The number of esters is 1. The Morgan fingerprint density at radius 3 is 2.77 bits per heavy atom. The number of benzene rings is 1. The number of nitrogens with one attached hydrogen (secondary N) is 1. The highest BCUT2D eigenvalue weighted by Crippen LogP contribution is 2.16. The van der Waals surface area contributed by atoms with Crippen LogP contribution >= 0.6 is 11.3 Å². The summed E-state index contributed by atoms with van der Waals surface area (Å²) < 4.78 is 5.00. The van der Waals surface area contributed by atoms with Crippen molar-refractivity contribution in [1.82, 2.24) is 0 Å². The smallest absolute Gasteiger partial charge is 0.306 e. The molecule has 0 spiro atoms. The van der Waals surface area contributed by atoms with E-state index >= 15 is 0 Å². The van der Waals surface area contributed by atoms with E-state index in [1.807, 2.05) is 48.9 Å². The number of rotatable bonds is 6. The zero-order valence-electron chi connectivity index (χ0n) is 12.7. The number of hydrogen-bond donors (Lipinski definition) is 1. The first-order valence-corrected chi connectivity index (χ1v) is 8.02. The van der Waals surface area contributed by atoms with E-state index in [1.165, 1.54) is 0 Å². The van der Waals surface area contributed by atoms with Crippen LogP contribution in [0.3, 0.4) is 0 Å². The minimum absolute atomic E-state index is 0.254. The molecule has 2 aromatic rings. The summed E-state index contributed by atoms with van der Waals surface area (Å²) in [5, 5.41) is 6.73. The normalized spacial score (nSPS) is 10.3. The zero-order chi connectivity index (χ0) is 15.9. The van der Waals surface area contributed by atoms with Gasteiger partial charge in [-0.1, -0.05) is 12.1 Å². The SMILES string of the molecule is Cc1ccc(C)c(NC(=O)COC(=O)CCc2ccsc2)c1. The predicted molar refractivity (Wildman–Crippen MR) is 88.1 cm³/mol. The summed E-state index contributed by atoms with van der Waals surface area (Å²) in [4.78, 5) is 23.4. The Hall–Kier alpha value is -2.14. The van der Waals surface area contributed by atoms with Gasteiger partial charge in [0, 0.05) is 12.1 Å². The van der Waals surface area contributed by atoms with E-state index in [2.05, 4.69) is 5.32 Å². The highest BCUT2D eigenvalue weighted by atomic mass is 32.1. The number of carbonyl (C=O) groups excluding carboxylic acids is 2. The molecule has 1 aromatic heterocycles. The van der Waals surface area contributed by atoms with Crippen molar-refractivity contribution in [3.05, 3.63) is 51.7 Å². The first-order valence-electron chi connectivity index (χ1n) is 7.08. The molecule has 0 fully saturated rings. The van der Waals surface area contributed by atoms with Crippen molar-refractivity contribution >= 4 is 28.9 Å². The maximum atomic E-state index is 11.8. The average Bonchev–Trinajstić information content (AvgIpc) is 3.00. The Balaban J connectivity index is 1.75. The summed E-state index contributed by atoms with van der Waals surface area (Å²) in [7, 11) is 0. The molecule has 0 radical (unpaired) electrons. The van der Waals surface area contributed by atoms with Gasteiger partial charge in [-0.2, -0.15) is 11.3 Å². The molecule has 0 bridgehead atoms. The van der Waals surface area contributed by atoms with Gasteiger partial charge in [0.15, 0.2) is 6.61 Å². The number of aryl methyl sites for hydroxylation is 3. The van der Waals surface area contributed by atoms with Crippen LogP contribution in [0.4, 0.5) is 5.69 Å². The maximum Gasteiger partial charge on any atom is 0.306 e. The van der Waals surface area contributed by atoms with Gasteiger partial charge in [0.25, 0.3) is 5.91 Å². The molecule has 1 heterocycles. The molecule has 0 atom stereocenters. The lowest BCUT2D eigenvalue weighted by molar-refractivity contribution is -0.147. The summed E-state index contributed by atoms with van der Waals surface area (Å²) >= 11 is 1.60. The van der Waals surface area contributed by atoms with Gasteiger partial charge < -0.3 is 10.1 Å². The molecule has 5 heteroatoms. The number of anilines is 1. The van der Waals surface area contributed by atoms with Crippen LogP contribution in [-0.2, 0) is 20.7 Å². The van der Waals surface area contributed by atoms with Gasteiger partial charge in [-0.3, -0.25) is 9.59 Å². The summed E-state index contributed by atoms with van der Waals surface area (Å²) in [6.45, 7) is 3.62. The largest absolute Gasteiger partial charge is 0.456 e. The molecule has 1 aromatic carbocycles. The van der Waals surface area contributed by atoms with Gasteiger partial charge in [-0.05, 0) is 59.9 Å². The Labute approximate surface area is 134 Å². The van der Waals surface area contributed by atoms with Gasteiger partial charge in [-0.15, -0.1) is 0 Å². The average molecular weight is 317 g/mol. The van der Waals surface area contributed by atoms with Crippen LogP contribution < -0.4 is 5.32 Å². The van der Waals surface area contributed by atoms with Crippen LogP contribution in [0.2, 0.25) is 0 Å². The molecule has 0 saturated heterocycles. The van der Waals surface area contributed by atoms with E-state index in [9.17, 15) is 9.59 Å². The number of thiophene rings is 1. The van der Waals surface area contributed by atoms with E-state index in [0.717, 1.165) is 22.4 Å². The van der Waals surface area contributed by atoms with Gasteiger partial charge in [-0.25, -0.2) is 0 Å². The van der Waals surface area contributed by atoms with Crippen molar-refractivity contribution in [2.45, 2.75) is 26.7 Å². The van der Waals surface area contributed by atoms with E-state index in [0.29, 0.717) is 6.42 Å². The Kier molecular flexibility index (Phi) is 5.72. The van der Waals surface area contributed by atoms with E-state index in [-0.39, 0.29) is 24.9 Å². The van der Waals surface area contributed by atoms with E-state index < -0.39 is 0 Å². The van der Waals surface area contributed by atoms with Crippen LogP contribution in [0.15, 0.2) is 35.0 Å². The minimum atomic E-state index is -0.359. The molecule has 0 aliphatic rings. The van der Waals surface area contributed by atoms with Crippen LogP contribution in [0.25, 0.3) is 0 Å². The lowest BCUT2D eigenvalue weighted by Crippen LogP contribution is -2.21. The standard InChI is InChI=1S/C17H19NO3S/c1-12-3-4-13(2)15(9-12)18-16(19)10-21-17(20)6-5-14-7-8-22-11-14/h3-4,7-9,11H,5-6,10H2,1-2H3,(H,18,19). The first-order chi connectivity index (χ1) is 10.5. The monoisotopic (exact) mass is 317 g/mol. The van der Waals surface area contributed by atoms with Crippen LogP contribution in [0, 0.1) is 13.8 Å². The number of ether oxygens (including phenoxy) is 1. The Morgan fingerprint density at radius 2 is 2.05 bits per heavy atom. The van der Waals surface area contributed by atoms with Crippen molar-refractivity contribution in [3.63, 3.8) is 0 Å². The Bertz CT molecular complexity index is 650. The quantitative estimate of drug-likeness (QED) is 0.830. The minimum Gasteiger partial charge on any atom is -0.456 e. The van der Waals surface area contributed by atoms with Gasteiger partial charge in [0.2, 0.25) is 0 Å². The molecule has 0 aliphatic carbocycles. The van der Waals surface area contributed by atoms with Crippen LogP contribution in [0.5, 0.6) is 0 Å². The summed E-state index contributed by atoms with van der Waals surface area (Å²) in [6.07, 6.45) is 0.925. The maximum absolute atomic E-state index is 11.8. The van der Waals surface area contributed by atoms with E-state index in [1.54, 1.807) is 11.3 Å². The third kappa shape index (κ3) is 5.00. The number of hydrogen-bond acceptors (Lipinski definition) is 4. The molecule has 22 heavy (non-hydrogen) atoms. The molecule has 0 saturated carbocycles. The molecule has 4 nitrogen and oxygen atoms in total. The molecular formula is C17H19NO3S. The van der Waals surface area contributed by atoms with Gasteiger partial charge in [0.1, 0.15) is 0 Å². The number of amides is 1. The third-order valence-electron chi connectivity index (χ3n) is 3.23. The molecule has 0 unspecified atom stereocenters. The van der Waals surface area contributed by atoms with Crippen LogP contribution in [0.1, 0.15) is 23.1 Å². The summed E-state index contributed by atoms with van der Waals surface area (Å²) in [5.74, 6) is -0.681. The van der Waals surface area contributed by atoms with Crippen molar-refractivity contribution in [2.75, 3.05) is 11.9 Å². The molecule has 116 valence electrons. The lowest BCUT2D eigenvalue weighted by atomic mass is 10.1. The molecule has 0 aliphatic heterocycles. The molecule has 1 N–H and O–H groups in total. The highest BCUT2D eigenvalue weighted by molar-refractivity contribution is 7.07. The first kappa shape index (κ1) is 16.2. The molecular weight excluding hydrogens is 298 g/mol. The van der Waals surface area contributed by atoms with Gasteiger partial charge in [0.05, 0.1) is 0 Å². The lowest BCUT2D eigenvalue weighted by Gasteiger charge is -2.09. The van der Waals surface area contributed by atoms with Crippen LogP contribution in [-0.4, -0.2) is 18.5 Å². The fraction of sp³-hybridized carbons (Fsp3) is 0.294. The number of carbonyl (C=O) groups is 2. The fourth-order valence-corrected chi connectivity index (χ4v) is 2.66. The molecule has 1 amide bonds. The second-order valence-electron chi connectivity index (χ2n) is 5.16. The fourth-order valence-electron chi connectivity index (χ4n) is 1.96. The third-order valence-corrected chi connectivity index (χ3v) is 3.96. The van der Waals surface area contributed by atoms with Crippen molar-refractivity contribution < 1.29 is 14.3 Å². The van der Waals surface area contributed by atoms with Crippen molar-refractivity contribution in [1.29, 1.82) is 0 Å². The summed E-state index contributed by atoms with van der Waals surface area (Å²) in [6, 6.07) is 7.80. The van der Waals surface area contributed by atoms with Crippen molar-refractivity contribution in [2.24, 2.45) is 0 Å².